The molecule has 0 bridgehead atoms. The van der Waals surface area contributed by atoms with Gasteiger partial charge in [-0.1, -0.05) is 41.5 Å². The fourth-order valence-corrected chi connectivity index (χ4v) is 4.90. The number of aryl methyl sites for hydroxylation is 2. The van der Waals surface area contributed by atoms with Gasteiger partial charge in [-0.25, -0.2) is 4.39 Å². The maximum Gasteiger partial charge on any atom is 0.297 e. The zero-order valence-corrected chi connectivity index (χ0v) is 20.5. The van der Waals surface area contributed by atoms with E-state index in [1.807, 2.05) is 13.8 Å². The van der Waals surface area contributed by atoms with Crippen LogP contribution in [-0.2, 0) is 28.6 Å². The number of halogens is 1. The highest BCUT2D eigenvalue weighted by Gasteiger charge is 2.18. The minimum absolute atomic E-state index is 0.0305. The highest BCUT2D eigenvalue weighted by molar-refractivity contribution is 7.87. The normalized spacial score (nSPS) is 12.0. The van der Waals surface area contributed by atoms with Crippen molar-refractivity contribution >= 4 is 25.9 Å². The molecule has 0 aliphatic heterocycles. The van der Waals surface area contributed by atoms with Gasteiger partial charge in [0.2, 0.25) is 0 Å². The number of benzene rings is 3. The van der Waals surface area contributed by atoms with E-state index in [9.17, 15) is 21.2 Å². The molecule has 0 aliphatic rings. The van der Waals surface area contributed by atoms with Crippen LogP contribution in [0.5, 0.6) is 0 Å². The fourth-order valence-electron chi connectivity index (χ4n) is 3.10. The van der Waals surface area contributed by atoms with E-state index in [4.69, 9.17) is 8.37 Å². The van der Waals surface area contributed by atoms with Crippen molar-refractivity contribution in [3.8, 4) is 0 Å². The third-order valence-corrected chi connectivity index (χ3v) is 7.65. The molecule has 0 heterocycles. The second kappa shape index (κ2) is 11.1. The van der Waals surface area contributed by atoms with Crippen LogP contribution in [0.3, 0.4) is 0 Å². The monoisotopic (exact) mass is 507 g/mol. The van der Waals surface area contributed by atoms with Crippen molar-refractivity contribution in [2.75, 3.05) is 31.2 Å². The van der Waals surface area contributed by atoms with Crippen LogP contribution in [0.25, 0.3) is 0 Å². The van der Waals surface area contributed by atoms with E-state index in [2.05, 4.69) is 0 Å². The zero-order valence-electron chi connectivity index (χ0n) is 18.8. The summed E-state index contributed by atoms with van der Waals surface area (Å²) in [4.78, 5) is 1.66. The Morgan fingerprint density at radius 1 is 0.706 bits per heavy atom. The molecule has 0 fully saturated rings. The number of rotatable bonds is 11. The van der Waals surface area contributed by atoms with Crippen molar-refractivity contribution < 1.29 is 29.6 Å². The lowest BCUT2D eigenvalue weighted by Crippen LogP contribution is -2.32. The highest BCUT2D eigenvalue weighted by atomic mass is 32.2. The van der Waals surface area contributed by atoms with Gasteiger partial charge in [-0.15, -0.1) is 0 Å². The minimum Gasteiger partial charge on any atom is -0.367 e. The minimum atomic E-state index is -3.97. The molecule has 0 spiro atoms. The molecule has 0 aliphatic carbocycles. The molecular weight excluding hydrogens is 481 g/mol. The molecule has 182 valence electrons. The lowest BCUT2D eigenvalue weighted by atomic mass is 10.2. The first-order valence-corrected chi connectivity index (χ1v) is 13.3. The van der Waals surface area contributed by atoms with Crippen LogP contribution in [0, 0.1) is 19.7 Å². The summed E-state index contributed by atoms with van der Waals surface area (Å²) in [5, 5.41) is 0. The van der Waals surface area contributed by atoms with Crippen molar-refractivity contribution in [3.05, 3.63) is 89.7 Å². The van der Waals surface area contributed by atoms with Gasteiger partial charge in [-0.3, -0.25) is 8.37 Å². The summed E-state index contributed by atoms with van der Waals surface area (Å²) in [6.45, 7) is 3.35. The molecule has 0 saturated carbocycles. The second-order valence-corrected chi connectivity index (χ2v) is 10.9. The molecule has 0 N–H and O–H groups in total. The van der Waals surface area contributed by atoms with E-state index in [1.54, 1.807) is 35.2 Å². The van der Waals surface area contributed by atoms with Crippen LogP contribution in [0.1, 0.15) is 11.1 Å². The number of nitrogens with zero attached hydrogens (tertiary/aromatic N) is 1. The Morgan fingerprint density at radius 3 is 1.56 bits per heavy atom. The molecule has 0 unspecified atom stereocenters. The molecule has 0 saturated heterocycles. The van der Waals surface area contributed by atoms with Crippen molar-refractivity contribution in [1.29, 1.82) is 0 Å². The third-order valence-electron chi connectivity index (χ3n) is 4.99. The van der Waals surface area contributed by atoms with Crippen molar-refractivity contribution in [2.24, 2.45) is 0 Å². The van der Waals surface area contributed by atoms with Gasteiger partial charge in [0.05, 0.1) is 23.0 Å². The van der Waals surface area contributed by atoms with E-state index in [1.165, 1.54) is 42.5 Å². The van der Waals surface area contributed by atoms with Crippen LogP contribution < -0.4 is 4.90 Å². The van der Waals surface area contributed by atoms with E-state index in [0.29, 0.717) is 5.69 Å². The summed E-state index contributed by atoms with van der Waals surface area (Å²) >= 11 is 0. The van der Waals surface area contributed by atoms with Gasteiger partial charge >= 0.3 is 0 Å². The SMILES string of the molecule is Cc1ccc(S(=O)(=O)OCCN(CCOS(=O)(=O)c2ccc(C)cc2)c2cccc(F)c2)cc1. The highest BCUT2D eigenvalue weighted by Crippen LogP contribution is 2.18. The maximum absolute atomic E-state index is 13.8. The lowest BCUT2D eigenvalue weighted by molar-refractivity contribution is 0.306. The number of hydrogen-bond donors (Lipinski definition) is 0. The van der Waals surface area contributed by atoms with Gasteiger partial charge in [0.25, 0.3) is 20.2 Å². The second-order valence-electron chi connectivity index (χ2n) is 7.65. The molecule has 34 heavy (non-hydrogen) atoms. The van der Waals surface area contributed by atoms with Crippen LogP contribution in [0.2, 0.25) is 0 Å². The molecule has 0 radical (unpaired) electrons. The Kier molecular flexibility index (Phi) is 8.42. The zero-order chi connectivity index (χ0) is 24.8. The van der Waals surface area contributed by atoms with E-state index >= 15 is 0 Å². The molecule has 3 aromatic carbocycles. The predicted molar refractivity (Wildman–Crippen MR) is 127 cm³/mol. The van der Waals surface area contributed by atoms with Gasteiger partial charge in [-0.05, 0) is 56.3 Å². The van der Waals surface area contributed by atoms with E-state index < -0.39 is 26.1 Å². The van der Waals surface area contributed by atoms with Crippen LogP contribution in [0.4, 0.5) is 10.1 Å². The van der Waals surface area contributed by atoms with Gasteiger partial charge in [-0.2, -0.15) is 16.8 Å². The first-order chi connectivity index (χ1) is 16.1. The summed E-state index contributed by atoms with van der Waals surface area (Å²) in [7, 11) is -7.95. The quantitative estimate of drug-likeness (QED) is 0.362. The maximum atomic E-state index is 13.8. The molecular formula is C24H26FNO6S2. The standard InChI is InChI=1S/C24H26FNO6S2/c1-19-6-10-23(11-7-19)33(27,28)31-16-14-26(22-5-3-4-21(25)18-22)15-17-32-34(29,30)24-12-8-20(2)9-13-24/h3-13,18H,14-17H2,1-2H3. The average molecular weight is 508 g/mol. The Morgan fingerprint density at radius 2 is 1.15 bits per heavy atom. The number of anilines is 1. The van der Waals surface area contributed by atoms with Crippen molar-refractivity contribution in [1.82, 2.24) is 0 Å². The number of hydrogen-bond acceptors (Lipinski definition) is 7. The van der Waals surface area contributed by atoms with E-state index in [0.717, 1.165) is 11.1 Å². The topological polar surface area (TPSA) is 90.0 Å². The molecule has 10 heteroatoms. The Labute approximate surface area is 200 Å². The molecule has 0 aromatic heterocycles. The predicted octanol–water partition coefficient (Wildman–Crippen LogP) is 4.06. The summed E-state index contributed by atoms with van der Waals surface area (Å²) in [5.74, 6) is -0.483. The molecule has 3 aromatic rings. The van der Waals surface area contributed by atoms with Gasteiger partial charge in [0.15, 0.2) is 0 Å². The summed E-state index contributed by atoms with van der Waals surface area (Å²) < 4.78 is 73.8. The Bertz CT molecular complexity index is 1230. The van der Waals surface area contributed by atoms with Crippen LogP contribution in [0.15, 0.2) is 82.6 Å². The van der Waals surface area contributed by atoms with Crippen LogP contribution >= 0.6 is 0 Å². The van der Waals surface area contributed by atoms with Crippen molar-refractivity contribution in [2.45, 2.75) is 23.6 Å². The Balaban J connectivity index is 1.66. The summed E-state index contributed by atoms with van der Waals surface area (Å²) in [5.41, 5.74) is 2.27. The third kappa shape index (κ3) is 7.10. The Hall–Kier alpha value is -2.79. The van der Waals surface area contributed by atoms with Crippen LogP contribution in [-0.4, -0.2) is 43.1 Å². The molecule has 0 atom stereocenters. The van der Waals surface area contributed by atoms with E-state index in [-0.39, 0.29) is 36.1 Å². The smallest absolute Gasteiger partial charge is 0.297 e. The first-order valence-electron chi connectivity index (χ1n) is 10.5. The fraction of sp³-hybridized carbons (Fsp3) is 0.250. The molecule has 7 nitrogen and oxygen atoms in total. The van der Waals surface area contributed by atoms with Gasteiger partial charge < -0.3 is 4.90 Å². The summed E-state index contributed by atoms with van der Waals surface area (Å²) in [6.07, 6.45) is 0. The lowest BCUT2D eigenvalue weighted by Gasteiger charge is -2.24. The molecule has 3 rings (SSSR count). The molecule has 0 amide bonds. The largest absolute Gasteiger partial charge is 0.367 e. The average Bonchev–Trinajstić information content (AvgIpc) is 2.78. The van der Waals surface area contributed by atoms with Gasteiger partial charge in [0, 0.05) is 18.8 Å². The first kappa shape index (κ1) is 25.8. The van der Waals surface area contributed by atoms with Crippen molar-refractivity contribution in [3.63, 3.8) is 0 Å². The van der Waals surface area contributed by atoms with Gasteiger partial charge in [0.1, 0.15) is 5.82 Å². The summed E-state index contributed by atoms with van der Waals surface area (Å²) in [6, 6.07) is 18.2.